The molecule has 1 aromatic carbocycles. The summed E-state index contributed by atoms with van der Waals surface area (Å²) in [6.07, 6.45) is -2.63. The Morgan fingerprint density at radius 2 is 1.87 bits per heavy atom. The zero-order valence-corrected chi connectivity index (χ0v) is 16.4. The molecular weight excluding hydrogens is 401 g/mol. The normalized spacial score (nSPS) is 21.0. The highest BCUT2D eigenvalue weighted by Crippen LogP contribution is 2.30. The molecule has 4 rings (SSSR count). The number of nitrogens with zero attached hydrogens (tertiary/aromatic N) is 4. The topological polar surface area (TPSA) is 71.7 Å². The number of ether oxygens (including phenoxy) is 1. The van der Waals surface area contributed by atoms with E-state index in [4.69, 9.17) is 9.26 Å². The summed E-state index contributed by atoms with van der Waals surface area (Å²) in [6, 6.07) is 4.65. The van der Waals surface area contributed by atoms with Crippen molar-refractivity contribution in [2.24, 2.45) is 5.92 Å². The largest absolute Gasteiger partial charge is 0.416 e. The van der Waals surface area contributed by atoms with E-state index in [9.17, 15) is 18.0 Å². The second-order valence-corrected chi connectivity index (χ2v) is 7.60. The minimum absolute atomic E-state index is 0.0610. The number of morpholine rings is 1. The number of alkyl halides is 3. The molecule has 7 nitrogen and oxygen atoms in total. The quantitative estimate of drug-likeness (QED) is 0.752. The highest BCUT2D eigenvalue weighted by atomic mass is 19.4. The number of carbonyl (C=O) groups excluding carboxylic acids is 1. The molecule has 1 aromatic heterocycles. The van der Waals surface area contributed by atoms with E-state index >= 15 is 0 Å². The fourth-order valence-corrected chi connectivity index (χ4v) is 3.88. The Bertz CT molecular complexity index is 863. The van der Waals surface area contributed by atoms with E-state index in [-0.39, 0.29) is 17.6 Å². The van der Waals surface area contributed by atoms with Gasteiger partial charge in [-0.2, -0.15) is 18.2 Å². The molecule has 0 N–H and O–H groups in total. The van der Waals surface area contributed by atoms with Crippen molar-refractivity contribution < 1.29 is 27.2 Å². The van der Waals surface area contributed by atoms with Crippen molar-refractivity contribution in [2.75, 3.05) is 39.4 Å². The number of halogens is 3. The van der Waals surface area contributed by atoms with E-state index in [1.54, 1.807) is 0 Å². The average molecular weight is 424 g/mol. The number of benzene rings is 1. The van der Waals surface area contributed by atoms with Gasteiger partial charge in [0.2, 0.25) is 17.6 Å². The van der Waals surface area contributed by atoms with E-state index in [0.29, 0.717) is 50.8 Å². The lowest BCUT2D eigenvalue weighted by atomic mass is 9.96. The monoisotopic (exact) mass is 424 g/mol. The molecule has 1 amide bonds. The molecule has 2 aliphatic rings. The van der Waals surface area contributed by atoms with Crippen molar-refractivity contribution >= 4 is 5.91 Å². The van der Waals surface area contributed by atoms with E-state index in [1.165, 1.54) is 12.1 Å². The highest BCUT2D eigenvalue weighted by molar-refractivity contribution is 5.79. The third kappa shape index (κ3) is 4.81. The molecule has 0 spiro atoms. The molecule has 3 heterocycles. The van der Waals surface area contributed by atoms with Crippen molar-refractivity contribution in [3.63, 3.8) is 0 Å². The number of rotatable bonds is 4. The molecule has 2 aliphatic heterocycles. The van der Waals surface area contributed by atoms with E-state index in [1.807, 2.05) is 4.90 Å². The summed E-state index contributed by atoms with van der Waals surface area (Å²) in [4.78, 5) is 21.0. The lowest BCUT2D eigenvalue weighted by Crippen LogP contribution is -2.48. The first-order valence-corrected chi connectivity index (χ1v) is 9.99. The molecule has 1 atom stereocenters. The molecule has 0 aliphatic carbocycles. The predicted molar refractivity (Wildman–Crippen MR) is 100 cm³/mol. The molecule has 0 radical (unpaired) electrons. The summed E-state index contributed by atoms with van der Waals surface area (Å²) in [5, 5.41) is 3.89. The Morgan fingerprint density at radius 1 is 1.13 bits per heavy atom. The summed E-state index contributed by atoms with van der Waals surface area (Å²) in [7, 11) is 0. The molecular formula is C20H23F3N4O3. The lowest BCUT2D eigenvalue weighted by molar-refractivity contribution is -0.141. The zero-order chi connectivity index (χ0) is 21.1. The van der Waals surface area contributed by atoms with Crippen LogP contribution in [0.15, 0.2) is 28.8 Å². The Balaban J connectivity index is 1.36. The minimum Gasteiger partial charge on any atom is -0.378 e. The molecule has 1 unspecified atom stereocenters. The van der Waals surface area contributed by atoms with Crippen molar-refractivity contribution in [1.82, 2.24) is 19.9 Å². The van der Waals surface area contributed by atoms with Crippen LogP contribution < -0.4 is 0 Å². The molecule has 0 saturated carbocycles. The third-order valence-corrected chi connectivity index (χ3v) is 5.47. The van der Waals surface area contributed by atoms with Crippen LogP contribution in [0.3, 0.4) is 0 Å². The summed E-state index contributed by atoms with van der Waals surface area (Å²) in [6.45, 7) is 4.28. The van der Waals surface area contributed by atoms with Gasteiger partial charge in [-0.1, -0.05) is 17.3 Å². The first-order chi connectivity index (χ1) is 14.4. The maximum Gasteiger partial charge on any atom is 0.416 e. The molecule has 2 aromatic rings. The highest BCUT2D eigenvalue weighted by Gasteiger charge is 2.31. The number of hydrogen-bond acceptors (Lipinski definition) is 6. The van der Waals surface area contributed by atoms with Crippen molar-refractivity contribution in [3.05, 3.63) is 35.7 Å². The summed E-state index contributed by atoms with van der Waals surface area (Å²) < 4.78 is 48.7. The second-order valence-electron chi connectivity index (χ2n) is 7.60. The average Bonchev–Trinajstić information content (AvgIpc) is 3.22. The minimum atomic E-state index is -4.38. The predicted octanol–water partition coefficient (Wildman–Crippen LogP) is 2.83. The van der Waals surface area contributed by atoms with Gasteiger partial charge in [-0.25, -0.2) is 0 Å². The Hall–Kier alpha value is -2.46. The van der Waals surface area contributed by atoms with Gasteiger partial charge in [0, 0.05) is 25.2 Å². The van der Waals surface area contributed by atoms with Crippen molar-refractivity contribution in [3.8, 4) is 11.4 Å². The van der Waals surface area contributed by atoms with Gasteiger partial charge in [-0.05, 0) is 31.5 Å². The summed E-state index contributed by atoms with van der Waals surface area (Å²) >= 11 is 0. The van der Waals surface area contributed by atoms with Crippen molar-refractivity contribution in [2.45, 2.75) is 25.6 Å². The SMILES string of the molecule is O=C(C1CCCN(Cc2nc(-c3ccc(C(F)(F)F)cc3)no2)C1)N1CCOCC1. The number of carbonyl (C=O) groups is 1. The van der Waals surface area contributed by atoms with Gasteiger partial charge in [0.1, 0.15) is 0 Å². The second kappa shape index (κ2) is 8.73. The van der Waals surface area contributed by atoms with E-state index < -0.39 is 11.7 Å². The van der Waals surface area contributed by atoms with E-state index in [2.05, 4.69) is 15.0 Å². The van der Waals surface area contributed by atoms with Crippen LogP contribution in [0.2, 0.25) is 0 Å². The summed E-state index contributed by atoms with van der Waals surface area (Å²) in [5.74, 6) is 0.731. The lowest BCUT2D eigenvalue weighted by Gasteiger charge is -2.35. The van der Waals surface area contributed by atoms with Gasteiger partial charge >= 0.3 is 6.18 Å². The molecule has 0 bridgehead atoms. The molecule has 10 heteroatoms. The van der Waals surface area contributed by atoms with E-state index in [0.717, 1.165) is 31.5 Å². The van der Waals surface area contributed by atoms with Crippen LogP contribution in [-0.4, -0.2) is 65.2 Å². The van der Waals surface area contributed by atoms with Crippen LogP contribution in [0.5, 0.6) is 0 Å². The third-order valence-electron chi connectivity index (χ3n) is 5.47. The van der Waals surface area contributed by atoms with Gasteiger partial charge in [0.25, 0.3) is 0 Å². The molecule has 2 saturated heterocycles. The smallest absolute Gasteiger partial charge is 0.378 e. The van der Waals surface area contributed by atoms with Crippen LogP contribution in [0, 0.1) is 5.92 Å². The van der Waals surface area contributed by atoms with Crippen LogP contribution in [0.4, 0.5) is 13.2 Å². The van der Waals surface area contributed by atoms with Crippen LogP contribution in [0.1, 0.15) is 24.3 Å². The number of amides is 1. The first kappa shape index (κ1) is 20.8. The maximum absolute atomic E-state index is 12.8. The standard InChI is InChI=1S/C20H23F3N4O3/c21-20(22,23)16-5-3-14(4-6-16)18-24-17(30-25-18)13-26-7-1-2-15(12-26)19(28)27-8-10-29-11-9-27/h3-6,15H,1-2,7-13H2. The number of piperidine rings is 1. The molecule has 2 fully saturated rings. The summed E-state index contributed by atoms with van der Waals surface area (Å²) in [5.41, 5.74) is -0.267. The Labute approximate surface area is 171 Å². The molecule has 162 valence electrons. The van der Waals surface area contributed by atoms with Gasteiger partial charge in [-0.15, -0.1) is 0 Å². The number of hydrogen-bond donors (Lipinski definition) is 0. The molecule has 30 heavy (non-hydrogen) atoms. The van der Waals surface area contributed by atoms with Crippen LogP contribution in [-0.2, 0) is 22.3 Å². The Morgan fingerprint density at radius 3 is 2.57 bits per heavy atom. The number of likely N-dealkylation sites (tertiary alicyclic amines) is 1. The number of aromatic nitrogens is 2. The maximum atomic E-state index is 12.8. The fraction of sp³-hybridized carbons (Fsp3) is 0.550. The van der Waals surface area contributed by atoms with Gasteiger partial charge in [0.05, 0.1) is 31.2 Å². The first-order valence-electron chi connectivity index (χ1n) is 9.99. The van der Waals surface area contributed by atoms with Crippen molar-refractivity contribution in [1.29, 1.82) is 0 Å². The fourth-order valence-electron chi connectivity index (χ4n) is 3.88. The van der Waals surface area contributed by atoms with Crippen LogP contribution in [0.25, 0.3) is 11.4 Å². The van der Waals surface area contributed by atoms with Crippen LogP contribution >= 0.6 is 0 Å². The zero-order valence-electron chi connectivity index (χ0n) is 16.4. The van der Waals surface area contributed by atoms with Gasteiger partial charge in [-0.3, -0.25) is 9.69 Å². The Kier molecular flexibility index (Phi) is 6.05. The van der Waals surface area contributed by atoms with Gasteiger partial charge in [0.15, 0.2) is 0 Å². The van der Waals surface area contributed by atoms with Gasteiger partial charge < -0.3 is 14.2 Å².